The Bertz CT molecular complexity index is 1020. The molecule has 0 aliphatic carbocycles. The van der Waals surface area contributed by atoms with Crippen molar-refractivity contribution in [3.05, 3.63) is 71.3 Å². The van der Waals surface area contributed by atoms with Gasteiger partial charge >= 0.3 is 197 Å². The fourth-order valence-electron chi connectivity index (χ4n) is 4.01. The molecule has 0 aromatic heterocycles. The number of rotatable bonds is 3. The maximum atomic E-state index is 12.9. The summed E-state index contributed by atoms with van der Waals surface area (Å²) in [4.78, 5) is 28.9. The third-order valence-electron chi connectivity index (χ3n) is 5.72. The van der Waals surface area contributed by atoms with Crippen LogP contribution in [-0.2, 0) is 17.7 Å². The van der Waals surface area contributed by atoms with Crippen LogP contribution in [-0.4, -0.2) is 61.6 Å². The molecule has 167 valence electrons. The molecule has 0 N–H and O–H groups in total. The predicted molar refractivity (Wildman–Crippen MR) is 128 cm³/mol. The van der Waals surface area contributed by atoms with Crippen LogP contribution < -0.4 is 4.35 Å². The van der Waals surface area contributed by atoms with Gasteiger partial charge in [0.1, 0.15) is 0 Å². The standard InChI is InChI=1S/C26H30AsN2O3/c1-26(2,3)32-25(31)28-15-12-21(13-16-28)20-8-10-23(11-9-20)27-24(30)29-17-14-19-6-4-5-7-22(19)18-29/h4-12H,13-18H2,1-3H3. The van der Waals surface area contributed by atoms with E-state index in [0.717, 1.165) is 35.8 Å². The van der Waals surface area contributed by atoms with E-state index in [9.17, 15) is 9.59 Å². The molecular weight excluding hydrogens is 463 g/mol. The molecule has 0 spiro atoms. The molecule has 0 saturated heterocycles. The molecule has 0 fully saturated rings. The van der Waals surface area contributed by atoms with Crippen LogP contribution in [0.2, 0.25) is 0 Å². The molecule has 5 nitrogen and oxygen atoms in total. The van der Waals surface area contributed by atoms with Gasteiger partial charge in [0, 0.05) is 0 Å². The fraction of sp³-hybridized carbons (Fsp3) is 0.385. The van der Waals surface area contributed by atoms with Crippen molar-refractivity contribution in [3.63, 3.8) is 0 Å². The molecule has 0 unspecified atom stereocenters. The van der Waals surface area contributed by atoms with Crippen molar-refractivity contribution in [1.82, 2.24) is 9.80 Å². The van der Waals surface area contributed by atoms with Crippen LogP contribution in [0.25, 0.3) is 5.57 Å². The van der Waals surface area contributed by atoms with Crippen LogP contribution in [0, 0.1) is 0 Å². The van der Waals surface area contributed by atoms with Crippen molar-refractivity contribution >= 4 is 36.5 Å². The number of ether oxygens (including phenoxy) is 1. The van der Waals surface area contributed by atoms with E-state index in [1.807, 2.05) is 31.7 Å². The first-order chi connectivity index (χ1) is 15.3. The SMILES string of the molecule is CC(C)(C)OC(=O)N1CC=C(c2ccc([As]C(=O)N3CCc4ccccc4C3)cc2)CC1. The van der Waals surface area contributed by atoms with Crippen molar-refractivity contribution in [3.8, 4) is 0 Å². The van der Waals surface area contributed by atoms with Gasteiger partial charge in [0.25, 0.3) is 0 Å². The Balaban J connectivity index is 1.33. The number of benzene rings is 2. The van der Waals surface area contributed by atoms with Crippen molar-refractivity contribution in [2.24, 2.45) is 0 Å². The van der Waals surface area contributed by atoms with Crippen molar-refractivity contribution in [2.75, 3.05) is 19.6 Å². The normalized spacial score (nSPS) is 16.7. The second kappa shape index (κ2) is 9.54. The number of hydrogen-bond acceptors (Lipinski definition) is 3. The molecule has 0 saturated carbocycles. The van der Waals surface area contributed by atoms with Crippen LogP contribution in [0.4, 0.5) is 9.59 Å². The molecule has 32 heavy (non-hydrogen) atoms. The molecule has 1 radical (unpaired) electrons. The fourth-order valence-corrected chi connectivity index (χ4v) is 5.76. The van der Waals surface area contributed by atoms with Gasteiger partial charge < -0.3 is 0 Å². The average Bonchev–Trinajstić information content (AvgIpc) is 2.78. The van der Waals surface area contributed by atoms with Crippen LogP contribution in [0.5, 0.6) is 0 Å². The predicted octanol–water partition coefficient (Wildman–Crippen LogP) is 4.22. The molecule has 2 aliphatic rings. The van der Waals surface area contributed by atoms with Crippen molar-refractivity contribution in [1.29, 1.82) is 0 Å². The molecular formula is C26H30AsN2O3. The first-order valence-corrected chi connectivity index (χ1v) is 13.0. The van der Waals surface area contributed by atoms with E-state index < -0.39 is 21.4 Å². The summed E-state index contributed by atoms with van der Waals surface area (Å²) < 4.78 is 6.86. The second-order valence-corrected chi connectivity index (χ2v) is 11.6. The molecule has 2 aliphatic heterocycles. The molecule has 2 aromatic rings. The summed E-state index contributed by atoms with van der Waals surface area (Å²) in [6.07, 6.45) is 3.59. The Kier molecular flexibility index (Phi) is 6.76. The van der Waals surface area contributed by atoms with Crippen LogP contribution >= 0.6 is 0 Å². The van der Waals surface area contributed by atoms with Gasteiger partial charge in [-0.1, -0.05) is 0 Å². The zero-order chi connectivity index (χ0) is 22.7. The van der Waals surface area contributed by atoms with Gasteiger partial charge in [-0.3, -0.25) is 0 Å². The molecule has 0 bridgehead atoms. The third-order valence-corrected chi connectivity index (χ3v) is 7.89. The van der Waals surface area contributed by atoms with E-state index in [2.05, 4.69) is 48.5 Å². The number of carbonyl (C=O) groups excluding carboxylic acids is 2. The van der Waals surface area contributed by atoms with E-state index in [1.165, 1.54) is 16.7 Å². The quantitative estimate of drug-likeness (QED) is 0.602. The van der Waals surface area contributed by atoms with Crippen LogP contribution in [0.1, 0.15) is 43.9 Å². The molecule has 6 heteroatoms. The minimum atomic E-state index is -0.547. The number of nitrogens with zero attached hydrogens (tertiary/aromatic N) is 2. The van der Waals surface area contributed by atoms with E-state index in [-0.39, 0.29) is 10.8 Å². The Hall–Kier alpha value is -2.52. The van der Waals surface area contributed by atoms with E-state index in [0.29, 0.717) is 13.1 Å². The molecule has 0 atom stereocenters. The first-order valence-electron chi connectivity index (χ1n) is 11.1. The number of fused-ring (bicyclic) bond motifs is 1. The summed E-state index contributed by atoms with van der Waals surface area (Å²) in [6.45, 7) is 8.41. The third kappa shape index (κ3) is 5.63. The summed E-state index contributed by atoms with van der Waals surface area (Å²) in [7, 11) is 0. The zero-order valence-corrected chi connectivity index (χ0v) is 20.9. The topological polar surface area (TPSA) is 49.9 Å². The average molecular weight is 493 g/mol. The zero-order valence-electron chi connectivity index (χ0n) is 19.0. The Morgan fingerprint density at radius 1 is 0.906 bits per heavy atom. The summed E-state index contributed by atoms with van der Waals surface area (Å²) in [6, 6.07) is 16.8. The molecule has 4 rings (SSSR count). The van der Waals surface area contributed by atoms with Gasteiger partial charge in [-0.25, -0.2) is 0 Å². The molecule has 2 aromatic carbocycles. The van der Waals surface area contributed by atoms with Gasteiger partial charge in [-0.2, -0.15) is 0 Å². The number of carbonyl (C=O) groups is 2. The van der Waals surface area contributed by atoms with Gasteiger partial charge in [0.2, 0.25) is 0 Å². The summed E-state index contributed by atoms with van der Waals surface area (Å²) in [5, 5.41) is 0. The van der Waals surface area contributed by atoms with Crippen LogP contribution in [0.15, 0.2) is 54.6 Å². The van der Waals surface area contributed by atoms with Gasteiger partial charge in [0.15, 0.2) is 0 Å². The Morgan fingerprint density at radius 3 is 2.25 bits per heavy atom. The van der Waals surface area contributed by atoms with Gasteiger partial charge in [-0.05, 0) is 0 Å². The Labute approximate surface area is 197 Å². The van der Waals surface area contributed by atoms with E-state index in [4.69, 9.17) is 4.74 Å². The van der Waals surface area contributed by atoms with Gasteiger partial charge in [-0.15, -0.1) is 0 Å². The van der Waals surface area contributed by atoms with E-state index >= 15 is 0 Å². The monoisotopic (exact) mass is 493 g/mol. The Morgan fingerprint density at radius 2 is 1.59 bits per heavy atom. The summed E-state index contributed by atoms with van der Waals surface area (Å²) in [5.41, 5.74) is 4.57. The summed E-state index contributed by atoms with van der Waals surface area (Å²) in [5.74, 6) is 0. The first kappa shape index (κ1) is 22.7. The summed E-state index contributed by atoms with van der Waals surface area (Å²) >= 11 is -0.547. The number of hydrogen-bond donors (Lipinski definition) is 0. The molecule has 2 amide bonds. The van der Waals surface area contributed by atoms with Crippen molar-refractivity contribution in [2.45, 2.75) is 45.8 Å². The minimum absolute atomic E-state index is 0.258. The van der Waals surface area contributed by atoms with Gasteiger partial charge in [0.05, 0.1) is 0 Å². The van der Waals surface area contributed by atoms with Crippen molar-refractivity contribution < 1.29 is 14.3 Å². The van der Waals surface area contributed by atoms with Crippen LogP contribution in [0.3, 0.4) is 0 Å². The second-order valence-electron chi connectivity index (χ2n) is 9.29. The maximum absolute atomic E-state index is 12.9. The van der Waals surface area contributed by atoms with E-state index in [1.54, 1.807) is 4.90 Å². The number of amides is 2. The molecule has 2 heterocycles.